The van der Waals surface area contributed by atoms with Gasteiger partial charge in [-0.1, -0.05) is 41.4 Å². The van der Waals surface area contributed by atoms with Gasteiger partial charge < -0.3 is 5.32 Å². The number of carbonyl (C=O) groups is 1. The monoisotopic (exact) mass is 412 g/mol. The van der Waals surface area contributed by atoms with E-state index in [0.717, 1.165) is 26.4 Å². The maximum absolute atomic E-state index is 12.5. The third kappa shape index (κ3) is 3.69. The van der Waals surface area contributed by atoms with Crippen LogP contribution in [0.3, 0.4) is 0 Å². The van der Waals surface area contributed by atoms with E-state index < -0.39 is 0 Å². The fourth-order valence-corrected chi connectivity index (χ4v) is 4.13. The van der Waals surface area contributed by atoms with E-state index in [0.29, 0.717) is 21.3 Å². The Labute approximate surface area is 170 Å². The average Bonchev–Trinajstić information content (AvgIpc) is 3.09. The molecule has 0 atom stereocenters. The minimum absolute atomic E-state index is 0.227. The zero-order chi connectivity index (χ0) is 19.0. The summed E-state index contributed by atoms with van der Waals surface area (Å²) >= 11 is 14.1. The van der Waals surface area contributed by atoms with Crippen molar-refractivity contribution < 1.29 is 4.79 Å². The number of aromatic nitrogens is 1. The first-order chi connectivity index (χ1) is 13.0. The molecule has 1 aromatic heterocycles. The van der Waals surface area contributed by atoms with Gasteiger partial charge in [0.05, 0.1) is 15.2 Å². The molecular weight excluding hydrogens is 399 g/mol. The molecule has 1 heterocycles. The highest BCUT2D eigenvalue weighted by Gasteiger charge is 2.13. The fourth-order valence-electron chi connectivity index (χ4n) is 2.69. The first-order valence-electron chi connectivity index (χ1n) is 8.24. The molecule has 3 aromatic carbocycles. The van der Waals surface area contributed by atoms with Crippen molar-refractivity contribution in [3.63, 3.8) is 0 Å². The van der Waals surface area contributed by atoms with E-state index in [1.165, 1.54) is 0 Å². The number of nitrogens with one attached hydrogen (secondary N) is 1. The number of rotatable bonds is 3. The first-order valence-corrected chi connectivity index (χ1v) is 9.81. The molecule has 0 bridgehead atoms. The Hall–Kier alpha value is -2.40. The Balaban J connectivity index is 1.65. The Morgan fingerprint density at radius 1 is 1.00 bits per heavy atom. The molecule has 134 valence electrons. The van der Waals surface area contributed by atoms with Gasteiger partial charge >= 0.3 is 0 Å². The van der Waals surface area contributed by atoms with Gasteiger partial charge in [-0.05, 0) is 55.0 Å². The van der Waals surface area contributed by atoms with E-state index in [1.807, 2.05) is 43.3 Å². The minimum atomic E-state index is -0.227. The van der Waals surface area contributed by atoms with Crippen LogP contribution in [-0.4, -0.2) is 10.9 Å². The standard InChI is InChI=1S/C21H14Cl2N2OS/c1-12-6-7-13(10-17(12)23)20(26)24-14-8-9-16(22)15(11-14)21-25-18-4-2-3-5-19(18)27-21/h2-11H,1H3,(H,24,26). The van der Waals surface area contributed by atoms with Gasteiger partial charge in [0.2, 0.25) is 0 Å². The van der Waals surface area contributed by atoms with Crippen LogP contribution in [0.25, 0.3) is 20.8 Å². The van der Waals surface area contributed by atoms with Gasteiger partial charge in [-0.3, -0.25) is 4.79 Å². The molecule has 0 aliphatic heterocycles. The molecule has 0 fully saturated rings. The van der Waals surface area contributed by atoms with E-state index in [1.54, 1.807) is 35.6 Å². The van der Waals surface area contributed by atoms with Crippen LogP contribution >= 0.6 is 34.5 Å². The number of para-hydroxylation sites is 1. The van der Waals surface area contributed by atoms with E-state index in [9.17, 15) is 4.79 Å². The molecule has 0 aliphatic rings. The molecule has 4 aromatic rings. The Morgan fingerprint density at radius 2 is 1.81 bits per heavy atom. The summed E-state index contributed by atoms with van der Waals surface area (Å²) in [5.41, 5.74) is 3.80. The number of hydrogen-bond acceptors (Lipinski definition) is 3. The number of thiazole rings is 1. The number of anilines is 1. The lowest BCUT2D eigenvalue weighted by atomic mass is 10.1. The molecule has 27 heavy (non-hydrogen) atoms. The molecule has 0 radical (unpaired) electrons. The number of carbonyl (C=O) groups excluding carboxylic acids is 1. The van der Waals surface area contributed by atoms with Gasteiger partial charge in [-0.2, -0.15) is 0 Å². The van der Waals surface area contributed by atoms with Crippen molar-refractivity contribution in [2.45, 2.75) is 6.92 Å². The third-order valence-corrected chi connectivity index (χ3v) is 5.99. The van der Waals surface area contributed by atoms with Gasteiger partial charge in [-0.15, -0.1) is 11.3 Å². The number of nitrogens with zero attached hydrogens (tertiary/aromatic N) is 1. The number of halogens is 2. The molecule has 4 rings (SSSR count). The topological polar surface area (TPSA) is 42.0 Å². The van der Waals surface area contributed by atoms with E-state index in [-0.39, 0.29) is 5.91 Å². The van der Waals surface area contributed by atoms with Gasteiger partial charge in [0.1, 0.15) is 5.01 Å². The molecule has 0 spiro atoms. The lowest BCUT2D eigenvalue weighted by Gasteiger charge is -2.09. The second-order valence-electron chi connectivity index (χ2n) is 6.10. The zero-order valence-electron chi connectivity index (χ0n) is 14.3. The lowest BCUT2D eigenvalue weighted by molar-refractivity contribution is 0.102. The van der Waals surface area contributed by atoms with Crippen LogP contribution in [0.4, 0.5) is 5.69 Å². The first kappa shape index (κ1) is 18.0. The molecule has 0 saturated heterocycles. The van der Waals surface area contributed by atoms with Gasteiger partial charge in [0.15, 0.2) is 0 Å². The predicted molar refractivity (Wildman–Crippen MR) is 114 cm³/mol. The molecule has 1 N–H and O–H groups in total. The van der Waals surface area contributed by atoms with Crippen LogP contribution < -0.4 is 5.32 Å². The number of fused-ring (bicyclic) bond motifs is 1. The Kier molecular flexibility index (Phi) is 4.87. The summed E-state index contributed by atoms with van der Waals surface area (Å²) in [6, 6.07) is 18.5. The van der Waals surface area contributed by atoms with Crippen LogP contribution in [-0.2, 0) is 0 Å². The van der Waals surface area contributed by atoms with E-state index >= 15 is 0 Å². The third-order valence-electron chi connectivity index (χ3n) is 4.18. The molecule has 6 heteroatoms. The molecule has 0 unspecified atom stereocenters. The molecule has 0 saturated carbocycles. The quantitative estimate of drug-likeness (QED) is 0.400. The molecule has 3 nitrogen and oxygen atoms in total. The Bertz CT molecular complexity index is 1140. The fraction of sp³-hybridized carbons (Fsp3) is 0.0476. The highest BCUT2D eigenvalue weighted by molar-refractivity contribution is 7.21. The van der Waals surface area contributed by atoms with Crippen molar-refractivity contribution in [3.05, 3.63) is 81.8 Å². The van der Waals surface area contributed by atoms with E-state index in [2.05, 4.69) is 10.3 Å². The minimum Gasteiger partial charge on any atom is -0.322 e. The largest absolute Gasteiger partial charge is 0.322 e. The maximum Gasteiger partial charge on any atom is 0.255 e. The summed E-state index contributed by atoms with van der Waals surface area (Å²) in [6.45, 7) is 1.90. The summed E-state index contributed by atoms with van der Waals surface area (Å²) in [5.74, 6) is -0.227. The van der Waals surface area contributed by atoms with Gasteiger partial charge in [-0.25, -0.2) is 4.98 Å². The molecule has 1 amide bonds. The van der Waals surface area contributed by atoms with Crippen molar-refractivity contribution in [1.29, 1.82) is 0 Å². The summed E-state index contributed by atoms with van der Waals surface area (Å²) < 4.78 is 1.09. The highest BCUT2D eigenvalue weighted by atomic mass is 35.5. The van der Waals surface area contributed by atoms with Gasteiger partial charge in [0.25, 0.3) is 5.91 Å². The van der Waals surface area contributed by atoms with Crippen molar-refractivity contribution in [3.8, 4) is 10.6 Å². The summed E-state index contributed by atoms with van der Waals surface area (Å²) in [4.78, 5) is 17.2. The van der Waals surface area contributed by atoms with E-state index in [4.69, 9.17) is 23.2 Å². The Morgan fingerprint density at radius 3 is 2.59 bits per heavy atom. The van der Waals surface area contributed by atoms with Crippen LogP contribution in [0.15, 0.2) is 60.7 Å². The predicted octanol–water partition coefficient (Wildman–Crippen LogP) is 6.83. The summed E-state index contributed by atoms with van der Waals surface area (Å²) in [6.07, 6.45) is 0. The average molecular weight is 413 g/mol. The lowest BCUT2D eigenvalue weighted by Crippen LogP contribution is -2.12. The summed E-state index contributed by atoms with van der Waals surface area (Å²) in [5, 5.41) is 4.86. The van der Waals surface area contributed by atoms with Crippen LogP contribution in [0.2, 0.25) is 10.0 Å². The number of benzene rings is 3. The SMILES string of the molecule is Cc1ccc(C(=O)Nc2ccc(Cl)c(-c3nc4ccccc4s3)c2)cc1Cl. The maximum atomic E-state index is 12.5. The summed E-state index contributed by atoms with van der Waals surface area (Å²) in [7, 11) is 0. The van der Waals surface area contributed by atoms with Crippen molar-refractivity contribution in [2.24, 2.45) is 0 Å². The second kappa shape index (κ2) is 7.31. The number of amides is 1. The normalized spacial score (nSPS) is 10.9. The van der Waals surface area contributed by atoms with Crippen LogP contribution in [0.5, 0.6) is 0 Å². The smallest absolute Gasteiger partial charge is 0.255 e. The number of hydrogen-bond donors (Lipinski definition) is 1. The molecular formula is C21H14Cl2N2OS. The molecule has 0 aliphatic carbocycles. The van der Waals surface area contributed by atoms with Gasteiger partial charge in [0, 0.05) is 21.8 Å². The van der Waals surface area contributed by atoms with Crippen molar-refractivity contribution in [1.82, 2.24) is 4.98 Å². The van der Waals surface area contributed by atoms with Crippen LogP contribution in [0.1, 0.15) is 15.9 Å². The van der Waals surface area contributed by atoms with Crippen LogP contribution in [0, 0.1) is 6.92 Å². The highest BCUT2D eigenvalue weighted by Crippen LogP contribution is 2.36. The van der Waals surface area contributed by atoms with Crippen molar-refractivity contribution >= 4 is 56.3 Å². The number of aryl methyl sites for hydroxylation is 1. The second-order valence-corrected chi connectivity index (χ2v) is 7.94. The zero-order valence-corrected chi connectivity index (χ0v) is 16.6. The van der Waals surface area contributed by atoms with Crippen molar-refractivity contribution in [2.75, 3.05) is 5.32 Å².